The normalized spacial score (nSPS) is 12.5. The van der Waals surface area contributed by atoms with E-state index in [1.54, 1.807) is 13.0 Å². The van der Waals surface area contributed by atoms with E-state index in [-0.39, 0.29) is 11.7 Å². The number of hydrogen-bond donors (Lipinski definition) is 1. The first kappa shape index (κ1) is 10.8. The molecule has 0 radical (unpaired) electrons. The van der Waals surface area contributed by atoms with Crippen molar-refractivity contribution in [2.24, 2.45) is 0 Å². The van der Waals surface area contributed by atoms with Crippen molar-refractivity contribution in [3.05, 3.63) is 29.3 Å². The Hall–Kier alpha value is -1.31. The number of benzene rings is 1. The quantitative estimate of drug-likeness (QED) is 0.799. The molecule has 2 heteroatoms. The Kier molecular flexibility index (Phi) is 3.28. The predicted octanol–water partition coefficient (Wildman–Crippen LogP) is 2.78. The highest BCUT2D eigenvalue weighted by Gasteiger charge is 2.09. The zero-order chi connectivity index (χ0) is 10.7. The minimum absolute atomic E-state index is 0.197. The zero-order valence-corrected chi connectivity index (χ0v) is 8.87. The van der Waals surface area contributed by atoms with Crippen LogP contribution in [-0.2, 0) is 4.79 Å². The maximum absolute atomic E-state index is 10.9. The molecule has 1 N–H and O–H groups in total. The molecule has 0 aliphatic rings. The Balaban J connectivity index is 2.85. The summed E-state index contributed by atoms with van der Waals surface area (Å²) in [6.45, 7) is 5.48. The minimum atomic E-state index is 0.197. The van der Waals surface area contributed by atoms with Crippen LogP contribution in [0.2, 0.25) is 0 Å². The summed E-state index contributed by atoms with van der Waals surface area (Å²) in [6, 6.07) is 5.49. The fraction of sp³-hybridized carbons (Fsp3) is 0.417. The highest BCUT2D eigenvalue weighted by Crippen LogP contribution is 2.24. The molecular formula is C12H16O2. The molecule has 0 spiro atoms. The summed E-state index contributed by atoms with van der Waals surface area (Å²) in [4.78, 5) is 10.9. The van der Waals surface area contributed by atoms with Crippen LogP contribution in [0.5, 0.6) is 5.75 Å². The van der Waals surface area contributed by atoms with Gasteiger partial charge in [-0.2, -0.15) is 0 Å². The maximum Gasteiger partial charge on any atom is 0.130 e. The largest absolute Gasteiger partial charge is 0.508 e. The Morgan fingerprint density at radius 1 is 1.50 bits per heavy atom. The van der Waals surface area contributed by atoms with Crippen LogP contribution in [0, 0.1) is 6.92 Å². The van der Waals surface area contributed by atoms with Crippen molar-refractivity contribution in [2.45, 2.75) is 33.1 Å². The second kappa shape index (κ2) is 4.27. The molecule has 1 aromatic carbocycles. The van der Waals surface area contributed by atoms with Crippen LogP contribution in [-0.4, -0.2) is 10.9 Å². The van der Waals surface area contributed by atoms with Gasteiger partial charge in [0.2, 0.25) is 0 Å². The molecule has 0 aliphatic carbocycles. The molecule has 0 aromatic heterocycles. The van der Waals surface area contributed by atoms with Crippen LogP contribution in [0.15, 0.2) is 18.2 Å². The van der Waals surface area contributed by atoms with E-state index >= 15 is 0 Å². The van der Waals surface area contributed by atoms with Crippen LogP contribution in [0.25, 0.3) is 0 Å². The Bertz CT molecular complexity index is 342. The van der Waals surface area contributed by atoms with Crippen molar-refractivity contribution in [1.82, 2.24) is 0 Å². The number of aryl methyl sites for hydroxylation is 1. The van der Waals surface area contributed by atoms with E-state index in [1.807, 2.05) is 26.0 Å². The molecule has 0 aliphatic heterocycles. The Labute approximate surface area is 84.6 Å². The number of Topliss-reactive ketones (excluding diaryl/α,β-unsaturated/α-hetero) is 1. The Morgan fingerprint density at radius 3 is 2.64 bits per heavy atom. The van der Waals surface area contributed by atoms with E-state index in [4.69, 9.17) is 0 Å². The molecule has 76 valence electrons. The average Bonchev–Trinajstić information content (AvgIpc) is 2.08. The predicted molar refractivity (Wildman–Crippen MR) is 56.6 cm³/mol. The smallest absolute Gasteiger partial charge is 0.130 e. The minimum Gasteiger partial charge on any atom is -0.508 e. The third-order valence-corrected chi connectivity index (χ3v) is 2.38. The number of hydrogen-bond acceptors (Lipinski definition) is 2. The second-order valence-electron chi connectivity index (χ2n) is 3.85. The van der Waals surface area contributed by atoms with Gasteiger partial charge in [0, 0.05) is 6.42 Å². The first-order chi connectivity index (χ1) is 6.50. The Morgan fingerprint density at radius 2 is 2.14 bits per heavy atom. The van der Waals surface area contributed by atoms with Gasteiger partial charge in [-0.25, -0.2) is 0 Å². The highest BCUT2D eigenvalue weighted by molar-refractivity contribution is 5.76. The van der Waals surface area contributed by atoms with E-state index in [0.717, 1.165) is 11.1 Å². The molecule has 0 saturated carbocycles. The molecular weight excluding hydrogens is 176 g/mol. The van der Waals surface area contributed by atoms with Crippen molar-refractivity contribution >= 4 is 5.78 Å². The lowest BCUT2D eigenvalue weighted by atomic mass is 9.94. The number of carbonyl (C=O) groups excluding carboxylic acids is 1. The number of phenolic OH excluding ortho intramolecular Hbond substituents is 1. The van der Waals surface area contributed by atoms with Gasteiger partial charge in [-0.3, -0.25) is 0 Å². The summed E-state index contributed by atoms with van der Waals surface area (Å²) in [5.74, 6) is 0.735. The third-order valence-electron chi connectivity index (χ3n) is 2.38. The van der Waals surface area contributed by atoms with Crippen molar-refractivity contribution < 1.29 is 9.90 Å². The number of carbonyl (C=O) groups is 1. The molecule has 1 unspecified atom stereocenters. The van der Waals surface area contributed by atoms with Crippen molar-refractivity contribution in [3.63, 3.8) is 0 Å². The monoisotopic (exact) mass is 192 g/mol. The van der Waals surface area contributed by atoms with Gasteiger partial charge in [0.15, 0.2) is 0 Å². The van der Waals surface area contributed by atoms with E-state index < -0.39 is 0 Å². The van der Waals surface area contributed by atoms with E-state index in [0.29, 0.717) is 12.2 Å². The van der Waals surface area contributed by atoms with Gasteiger partial charge >= 0.3 is 0 Å². The van der Waals surface area contributed by atoms with E-state index in [9.17, 15) is 9.90 Å². The molecule has 0 amide bonds. The van der Waals surface area contributed by atoms with Gasteiger partial charge in [-0.05, 0) is 37.0 Å². The lowest BCUT2D eigenvalue weighted by Crippen LogP contribution is -2.00. The van der Waals surface area contributed by atoms with Gasteiger partial charge in [0.05, 0.1) is 0 Å². The van der Waals surface area contributed by atoms with E-state index in [2.05, 4.69) is 0 Å². The van der Waals surface area contributed by atoms with E-state index in [1.165, 1.54) is 0 Å². The SMILES string of the molecule is CC(=O)CC(C)c1ccc(O)c(C)c1. The van der Waals surface area contributed by atoms with Crippen LogP contribution in [0.4, 0.5) is 0 Å². The summed E-state index contributed by atoms with van der Waals surface area (Å²) in [5.41, 5.74) is 1.97. The standard InChI is InChI=1S/C12H16O2/c1-8(6-10(3)13)11-4-5-12(14)9(2)7-11/h4-5,7-8,14H,6H2,1-3H3. The van der Waals surface area contributed by atoms with Gasteiger partial charge < -0.3 is 9.90 Å². The molecule has 14 heavy (non-hydrogen) atoms. The molecule has 1 rings (SSSR count). The summed E-state index contributed by atoms with van der Waals surface area (Å²) < 4.78 is 0. The zero-order valence-electron chi connectivity index (χ0n) is 8.87. The summed E-state index contributed by atoms with van der Waals surface area (Å²) in [7, 11) is 0. The van der Waals surface area contributed by atoms with Crippen LogP contribution in [0.1, 0.15) is 37.3 Å². The number of aromatic hydroxyl groups is 1. The maximum atomic E-state index is 10.9. The fourth-order valence-corrected chi connectivity index (χ4v) is 1.53. The molecule has 0 fully saturated rings. The molecule has 0 saturated heterocycles. The summed E-state index contributed by atoms with van der Waals surface area (Å²) >= 11 is 0. The summed E-state index contributed by atoms with van der Waals surface area (Å²) in [6.07, 6.45) is 0.560. The van der Waals surface area contributed by atoms with Crippen LogP contribution >= 0.6 is 0 Å². The summed E-state index contributed by atoms with van der Waals surface area (Å²) in [5, 5.41) is 9.34. The number of phenols is 1. The second-order valence-corrected chi connectivity index (χ2v) is 3.85. The van der Waals surface area contributed by atoms with Crippen molar-refractivity contribution in [2.75, 3.05) is 0 Å². The lowest BCUT2D eigenvalue weighted by Gasteiger charge is -2.11. The van der Waals surface area contributed by atoms with Crippen molar-refractivity contribution in [1.29, 1.82) is 0 Å². The van der Waals surface area contributed by atoms with Gasteiger partial charge in [-0.15, -0.1) is 0 Å². The third kappa shape index (κ3) is 2.59. The average molecular weight is 192 g/mol. The topological polar surface area (TPSA) is 37.3 Å². The van der Waals surface area contributed by atoms with Crippen molar-refractivity contribution in [3.8, 4) is 5.75 Å². The van der Waals surface area contributed by atoms with Gasteiger partial charge in [0.1, 0.15) is 11.5 Å². The number of ketones is 1. The first-order valence-electron chi connectivity index (χ1n) is 4.79. The van der Waals surface area contributed by atoms with Gasteiger partial charge in [0.25, 0.3) is 0 Å². The molecule has 2 nitrogen and oxygen atoms in total. The highest BCUT2D eigenvalue weighted by atomic mass is 16.3. The first-order valence-corrected chi connectivity index (χ1v) is 4.79. The number of rotatable bonds is 3. The molecule has 1 aromatic rings. The van der Waals surface area contributed by atoms with Crippen LogP contribution in [0.3, 0.4) is 0 Å². The fourth-order valence-electron chi connectivity index (χ4n) is 1.53. The molecule has 1 atom stereocenters. The molecule has 0 heterocycles. The molecule has 0 bridgehead atoms. The lowest BCUT2D eigenvalue weighted by molar-refractivity contribution is -0.117. The van der Waals surface area contributed by atoms with Gasteiger partial charge in [-0.1, -0.05) is 19.1 Å². The van der Waals surface area contributed by atoms with Crippen LogP contribution < -0.4 is 0 Å².